The van der Waals surface area contributed by atoms with Crippen molar-refractivity contribution in [3.05, 3.63) is 206 Å². The fraction of sp³-hybridized carbons (Fsp3) is 0. The predicted molar refractivity (Wildman–Crippen MR) is 238 cm³/mol. The molecule has 0 unspecified atom stereocenters. The first-order chi connectivity index (χ1) is 27.8. The van der Waals surface area contributed by atoms with Gasteiger partial charge in [-0.25, -0.2) is 0 Å². The summed E-state index contributed by atoms with van der Waals surface area (Å²) >= 11 is 0. The first-order valence-corrected chi connectivity index (χ1v) is 19.4. The molecule has 1 aliphatic carbocycles. The lowest BCUT2D eigenvalue weighted by atomic mass is 9.96. The zero-order chi connectivity index (χ0) is 36.7. The van der Waals surface area contributed by atoms with Gasteiger partial charge in [0, 0.05) is 33.0 Å². The molecular weight excluding hydrogens is 677 g/mol. The van der Waals surface area contributed by atoms with E-state index in [0.29, 0.717) is 0 Å². The molecule has 2 heteroatoms. The van der Waals surface area contributed by atoms with Crippen LogP contribution < -0.4 is 4.90 Å². The van der Waals surface area contributed by atoms with Gasteiger partial charge in [0.1, 0.15) is 0 Å². The number of fused-ring (bicyclic) bond motifs is 9. The third kappa shape index (κ3) is 4.44. The van der Waals surface area contributed by atoms with E-state index in [4.69, 9.17) is 0 Å². The number of para-hydroxylation sites is 2. The Morgan fingerprint density at radius 3 is 1.88 bits per heavy atom. The van der Waals surface area contributed by atoms with Crippen molar-refractivity contribution in [3.63, 3.8) is 0 Å². The van der Waals surface area contributed by atoms with Gasteiger partial charge in [-0.15, -0.1) is 0 Å². The molecule has 56 heavy (non-hydrogen) atoms. The highest BCUT2D eigenvalue weighted by Gasteiger charge is 2.29. The van der Waals surface area contributed by atoms with Crippen LogP contribution in [0.4, 0.5) is 17.1 Å². The Hall–Kier alpha value is -7.42. The van der Waals surface area contributed by atoms with E-state index in [-0.39, 0.29) is 0 Å². The van der Waals surface area contributed by atoms with Crippen LogP contribution in [-0.4, -0.2) is 4.57 Å². The molecule has 2 nitrogen and oxygen atoms in total. The third-order valence-corrected chi connectivity index (χ3v) is 11.9. The standard InChI is InChI=1S/C54H34N2/c1-2-15-35(16-3-1)41-22-8-10-27-48(41)56-49-28-11-9-24-43(49)46-34-39(31-32-50(46)56)55(47-29-13-19-36-17-4-6-21-40(36)47)51-30-14-26-45-53(51)44-25-12-20-38-33-37-18-5-7-23-42(37)54(45)52(38)44/h1-34H. The normalized spacial score (nSPS) is 11.9. The van der Waals surface area contributed by atoms with Crippen LogP contribution in [0, 0.1) is 0 Å². The Bertz CT molecular complexity index is 3370. The van der Waals surface area contributed by atoms with Crippen molar-refractivity contribution in [3.8, 4) is 39.1 Å². The van der Waals surface area contributed by atoms with Gasteiger partial charge in [-0.2, -0.15) is 0 Å². The maximum absolute atomic E-state index is 2.51. The molecule has 0 amide bonds. The van der Waals surface area contributed by atoms with Crippen LogP contribution >= 0.6 is 0 Å². The highest BCUT2D eigenvalue weighted by atomic mass is 15.1. The molecule has 0 saturated heterocycles. The average Bonchev–Trinajstić information content (AvgIpc) is 3.78. The Kier molecular flexibility index (Phi) is 6.66. The summed E-state index contributed by atoms with van der Waals surface area (Å²) in [5.74, 6) is 0. The highest BCUT2D eigenvalue weighted by Crippen LogP contribution is 2.56. The maximum atomic E-state index is 2.51. The molecule has 1 heterocycles. The van der Waals surface area contributed by atoms with Crippen molar-refractivity contribution in [1.82, 2.24) is 4.57 Å². The summed E-state index contributed by atoms with van der Waals surface area (Å²) in [6, 6.07) is 75.7. The van der Waals surface area contributed by atoms with E-state index in [9.17, 15) is 0 Å². The molecule has 12 rings (SSSR count). The lowest BCUT2D eigenvalue weighted by molar-refractivity contribution is 1.18. The van der Waals surface area contributed by atoms with Gasteiger partial charge in [0.2, 0.25) is 0 Å². The van der Waals surface area contributed by atoms with Crippen molar-refractivity contribution in [2.24, 2.45) is 0 Å². The summed E-state index contributed by atoms with van der Waals surface area (Å²) < 4.78 is 2.45. The predicted octanol–water partition coefficient (Wildman–Crippen LogP) is 15.0. The second-order valence-corrected chi connectivity index (χ2v) is 14.8. The fourth-order valence-electron chi connectivity index (χ4n) is 9.53. The number of nitrogens with zero attached hydrogens (tertiary/aromatic N) is 2. The van der Waals surface area contributed by atoms with Gasteiger partial charge in [-0.05, 0) is 97.7 Å². The maximum Gasteiger partial charge on any atom is 0.0546 e. The first kappa shape index (κ1) is 31.0. The Balaban J connectivity index is 1.15. The molecule has 0 atom stereocenters. The van der Waals surface area contributed by atoms with Gasteiger partial charge in [0.25, 0.3) is 0 Å². The fourth-order valence-corrected chi connectivity index (χ4v) is 9.53. The van der Waals surface area contributed by atoms with Crippen LogP contribution in [0.3, 0.4) is 0 Å². The van der Waals surface area contributed by atoms with Crippen molar-refractivity contribution >= 4 is 71.2 Å². The minimum Gasteiger partial charge on any atom is -0.309 e. The number of benzene rings is 10. The minimum absolute atomic E-state index is 1.12. The van der Waals surface area contributed by atoms with Crippen molar-refractivity contribution in [2.45, 2.75) is 0 Å². The number of hydrogen-bond donors (Lipinski definition) is 0. The summed E-state index contributed by atoms with van der Waals surface area (Å²) in [6.07, 6.45) is 0. The average molecular weight is 711 g/mol. The largest absolute Gasteiger partial charge is 0.309 e. The van der Waals surface area contributed by atoms with Crippen LogP contribution in [-0.2, 0) is 0 Å². The van der Waals surface area contributed by atoms with Gasteiger partial charge in [0.15, 0.2) is 0 Å². The molecule has 1 aromatic heterocycles. The summed E-state index contributed by atoms with van der Waals surface area (Å²) in [4.78, 5) is 2.51. The Morgan fingerprint density at radius 2 is 0.964 bits per heavy atom. The van der Waals surface area contributed by atoms with Crippen LogP contribution in [0.5, 0.6) is 0 Å². The first-order valence-electron chi connectivity index (χ1n) is 19.4. The van der Waals surface area contributed by atoms with E-state index < -0.39 is 0 Å². The molecule has 0 fully saturated rings. The summed E-state index contributed by atoms with van der Waals surface area (Å²) in [5.41, 5.74) is 14.6. The Labute approximate surface area is 324 Å². The number of aromatic nitrogens is 1. The van der Waals surface area contributed by atoms with Crippen LogP contribution in [0.15, 0.2) is 206 Å². The van der Waals surface area contributed by atoms with Crippen molar-refractivity contribution < 1.29 is 0 Å². The smallest absolute Gasteiger partial charge is 0.0546 e. The molecule has 260 valence electrons. The van der Waals surface area contributed by atoms with Gasteiger partial charge in [0.05, 0.1) is 28.1 Å². The van der Waals surface area contributed by atoms with Crippen molar-refractivity contribution in [1.29, 1.82) is 0 Å². The van der Waals surface area contributed by atoms with Crippen LogP contribution in [0.1, 0.15) is 0 Å². The van der Waals surface area contributed by atoms with E-state index in [1.165, 1.54) is 98.9 Å². The zero-order valence-electron chi connectivity index (χ0n) is 30.5. The topological polar surface area (TPSA) is 8.17 Å². The van der Waals surface area contributed by atoms with E-state index in [2.05, 4.69) is 216 Å². The third-order valence-electron chi connectivity index (χ3n) is 11.9. The molecule has 0 bridgehead atoms. The van der Waals surface area contributed by atoms with Gasteiger partial charge >= 0.3 is 0 Å². The van der Waals surface area contributed by atoms with Gasteiger partial charge in [-0.3, -0.25) is 0 Å². The molecular formula is C54H34N2. The van der Waals surface area contributed by atoms with Gasteiger partial charge < -0.3 is 9.47 Å². The molecule has 0 spiro atoms. The molecule has 10 aromatic carbocycles. The Morgan fingerprint density at radius 1 is 0.339 bits per heavy atom. The number of hydrogen-bond acceptors (Lipinski definition) is 1. The second kappa shape index (κ2) is 12.0. The van der Waals surface area contributed by atoms with E-state index in [0.717, 1.165) is 11.4 Å². The van der Waals surface area contributed by atoms with Crippen molar-refractivity contribution in [2.75, 3.05) is 4.90 Å². The van der Waals surface area contributed by atoms with E-state index >= 15 is 0 Å². The van der Waals surface area contributed by atoms with Crippen LogP contribution in [0.25, 0.3) is 93.2 Å². The zero-order valence-corrected chi connectivity index (χ0v) is 30.5. The summed E-state index contributed by atoms with van der Waals surface area (Å²) in [6.45, 7) is 0. The lowest BCUT2D eigenvalue weighted by Gasteiger charge is -2.29. The summed E-state index contributed by atoms with van der Waals surface area (Å²) in [7, 11) is 0. The monoisotopic (exact) mass is 710 g/mol. The van der Waals surface area contributed by atoms with Crippen LogP contribution in [0.2, 0.25) is 0 Å². The number of anilines is 3. The molecule has 0 saturated carbocycles. The second-order valence-electron chi connectivity index (χ2n) is 14.8. The molecule has 0 aliphatic heterocycles. The summed E-state index contributed by atoms with van der Waals surface area (Å²) in [5, 5.41) is 10.1. The highest BCUT2D eigenvalue weighted by molar-refractivity contribution is 6.26. The molecule has 11 aromatic rings. The van der Waals surface area contributed by atoms with Gasteiger partial charge in [-0.1, -0.05) is 158 Å². The van der Waals surface area contributed by atoms with E-state index in [1.807, 2.05) is 0 Å². The molecule has 0 N–H and O–H groups in total. The van der Waals surface area contributed by atoms with E-state index in [1.54, 1.807) is 0 Å². The number of rotatable bonds is 5. The lowest BCUT2D eigenvalue weighted by Crippen LogP contribution is -2.12. The molecule has 1 aliphatic rings. The minimum atomic E-state index is 1.12. The molecule has 0 radical (unpaired) electrons. The SMILES string of the molecule is c1ccc(-c2ccccc2-n2c3ccccc3c3cc(N(c4cccc5c4-c4cccc6cc7ccccc7c-5c46)c4cccc5ccccc45)ccc32)cc1. The quantitative estimate of drug-likeness (QED) is 0.161.